The zero-order chi connectivity index (χ0) is 16.9. The number of aliphatic hydroxyl groups is 1. The summed E-state index contributed by atoms with van der Waals surface area (Å²) in [6.45, 7) is 5.85. The van der Waals surface area contributed by atoms with E-state index in [9.17, 15) is 5.11 Å². The van der Waals surface area contributed by atoms with Crippen LogP contribution in [0.25, 0.3) is 0 Å². The number of benzene rings is 2. The lowest BCUT2D eigenvalue weighted by Crippen LogP contribution is -2.51. The summed E-state index contributed by atoms with van der Waals surface area (Å²) in [5.41, 5.74) is 2.13. The molecule has 1 saturated heterocycles. The first kappa shape index (κ1) is 16.8. The molecule has 1 aliphatic heterocycles. The van der Waals surface area contributed by atoms with Crippen molar-refractivity contribution in [3.63, 3.8) is 0 Å². The van der Waals surface area contributed by atoms with E-state index in [1.165, 1.54) is 0 Å². The van der Waals surface area contributed by atoms with Crippen molar-refractivity contribution < 1.29 is 9.84 Å². The van der Waals surface area contributed by atoms with Gasteiger partial charge in [0.1, 0.15) is 5.75 Å². The molecule has 0 radical (unpaired) electrons. The molecule has 4 nitrogen and oxygen atoms in total. The third kappa shape index (κ3) is 3.55. The van der Waals surface area contributed by atoms with Crippen molar-refractivity contribution in [1.82, 2.24) is 4.90 Å². The predicted molar refractivity (Wildman–Crippen MR) is 97.6 cm³/mol. The number of rotatable bonds is 5. The second kappa shape index (κ2) is 7.69. The Balaban J connectivity index is 1.62. The Bertz CT molecular complexity index is 639. The molecule has 1 aliphatic rings. The van der Waals surface area contributed by atoms with Crippen LogP contribution in [0.3, 0.4) is 0 Å². The van der Waals surface area contributed by atoms with Crippen LogP contribution in [0.15, 0.2) is 54.6 Å². The molecular weight excluding hydrogens is 300 g/mol. The molecule has 1 heterocycles. The lowest BCUT2D eigenvalue weighted by molar-refractivity contribution is 0.0545. The smallest absolute Gasteiger partial charge is 0.142 e. The maximum absolute atomic E-state index is 10.6. The number of hydrogen-bond donors (Lipinski definition) is 1. The SMILES string of the molecule is COc1ccccc1N1CCN([C@H](C)[C@@H](O)c2ccccc2)CC1. The number of ether oxygens (including phenoxy) is 1. The number of hydrogen-bond acceptors (Lipinski definition) is 4. The lowest BCUT2D eigenvalue weighted by atomic mass is 10.0. The van der Waals surface area contributed by atoms with E-state index in [4.69, 9.17) is 4.74 Å². The number of aliphatic hydroxyl groups excluding tert-OH is 1. The summed E-state index contributed by atoms with van der Waals surface area (Å²) in [6, 6.07) is 18.2. The van der Waals surface area contributed by atoms with Gasteiger partial charge in [0.25, 0.3) is 0 Å². The lowest BCUT2D eigenvalue weighted by Gasteiger charge is -2.40. The Morgan fingerprint density at radius 1 is 0.917 bits per heavy atom. The third-order valence-electron chi connectivity index (χ3n) is 4.91. The van der Waals surface area contributed by atoms with Gasteiger partial charge in [0, 0.05) is 32.2 Å². The molecule has 0 unspecified atom stereocenters. The fourth-order valence-electron chi connectivity index (χ4n) is 3.39. The van der Waals surface area contributed by atoms with E-state index in [0.29, 0.717) is 0 Å². The summed E-state index contributed by atoms with van der Waals surface area (Å²) >= 11 is 0. The van der Waals surface area contributed by atoms with Crippen LogP contribution >= 0.6 is 0 Å². The highest BCUT2D eigenvalue weighted by Gasteiger charge is 2.27. The Morgan fingerprint density at radius 3 is 2.21 bits per heavy atom. The minimum absolute atomic E-state index is 0.104. The molecule has 0 aromatic heterocycles. The van der Waals surface area contributed by atoms with Gasteiger partial charge in [-0.05, 0) is 24.6 Å². The molecular formula is C20H26N2O2. The van der Waals surface area contributed by atoms with Crippen LogP contribution in [-0.4, -0.2) is 49.3 Å². The van der Waals surface area contributed by atoms with Crippen molar-refractivity contribution >= 4 is 5.69 Å². The molecule has 2 aromatic carbocycles. The van der Waals surface area contributed by atoms with Gasteiger partial charge in [-0.25, -0.2) is 0 Å². The van der Waals surface area contributed by atoms with Crippen molar-refractivity contribution in [3.05, 3.63) is 60.2 Å². The first-order valence-corrected chi connectivity index (χ1v) is 8.55. The normalized spacial score (nSPS) is 18.2. The van der Waals surface area contributed by atoms with Crippen LogP contribution in [-0.2, 0) is 0 Å². The van der Waals surface area contributed by atoms with Crippen molar-refractivity contribution in [3.8, 4) is 5.75 Å². The van der Waals surface area contributed by atoms with Gasteiger partial charge >= 0.3 is 0 Å². The monoisotopic (exact) mass is 326 g/mol. The Labute approximate surface area is 144 Å². The van der Waals surface area contributed by atoms with Gasteiger partial charge in [0.05, 0.1) is 18.9 Å². The molecule has 0 saturated carbocycles. The Kier molecular flexibility index (Phi) is 5.38. The second-order valence-corrected chi connectivity index (χ2v) is 6.29. The van der Waals surface area contributed by atoms with Gasteiger partial charge in [0.15, 0.2) is 0 Å². The summed E-state index contributed by atoms with van der Waals surface area (Å²) in [6.07, 6.45) is -0.455. The van der Waals surface area contributed by atoms with Crippen molar-refractivity contribution in [1.29, 1.82) is 0 Å². The van der Waals surface area contributed by atoms with E-state index in [2.05, 4.69) is 22.8 Å². The largest absolute Gasteiger partial charge is 0.495 e. The Morgan fingerprint density at radius 2 is 1.54 bits per heavy atom. The summed E-state index contributed by atoms with van der Waals surface area (Å²) in [4.78, 5) is 4.72. The quantitative estimate of drug-likeness (QED) is 0.916. The zero-order valence-corrected chi connectivity index (χ0v) is 14.4. The molecule has 0 bridgehead atoms. The standard InChI is InChI=1S/C20H26N2O2/c1-16(20(23)17-8-4-3-5-9-17)21-12-14-22(15-13-21)18-10-6-7-11-19(18)24-2/h3-11,16,20,23H,12-15H2,1-2H3/t16-,20-/m1/s1. The molecule has 3 rings (SSSR count). The van der Waals surface area contributed by atoms with Crippen molar-refractivity contribution in [2.75, 3.05) is 38.2 Å². The van der Waals surface area contributed by atoms with E-state index in [0.717, 1.165) is 43.2 Å². The minimum Gasteiger partial charge on any atom is -0.495 e. The minimum atomic E-state index is -0.455. The van der Waals surface area contributed by atoms with E-state index in [1.807, 2.05) is 48.5 Å². The number of methoxy groups -OCH3 is 1. The molecule has 0 amide bonds. The van der Waals surface area contributed by atoms with Gasteiger partial charge < -0.3 is 14.7 Å². The first-order valence-electron chi connectivity index (χ1n) is 8.55. The zero-order valence-electron chi connectivity index (χ0n) is 14.4. The maximum atomic E-state index is 10.6. The first-order chi connectivity index (χ1) is 11.7. The highest BCUT2D eigenvalue weighted by Crippen LogP contribution is 2.29. The average molecular weight is 326 g/mol. The molecule has 2 aromatic rings. The number of para-hydroxylation sites is 2. The maximum Gasteiger partial charge on any atom is 0.142 e. The molecule has 2 atom stereocenters. The summed E-state index contributed by atoms with van der Waals surface area (Å²) in [5, 5.41) is 10.6. The van der Waals surface area contributed by atoms with Gasteiger partial charge in [-0.3, -0.25) is 4.90 Å². The summed E-state index contributed by atoms with van der Waals surface area (Å²) in [7, 11) is 1.72. The average Bonchev–Trinajstić information content (AvgIpc) is 2.67. The van der Waals surface area contributed by atoms with E-state index in [1.54, 1.807) is 7.11 Å². The van der Waals surface area contributed by atoms with E-state index < -0.39 is 6.10 Å². The fraction of sp³-hybridized carbons (Fsp3) is 0.400. The fourth-order valence-corrected chi connectivity index (χ4v) is 3.39. The van der Waals surface area contributed by atoms with Gasteiger partial charge in [-0.2, -0.15) is 0 Å². The third-order valence-corrected chi connectivity index (χ3v) is 4.91. The van der Waals surface area contributed by atoms with E-state index >= 15 is 0 Å². The number of piperazine rings is 1. The number of anilines is 1. The predicted octanol–water partition coefficient (Wildman–Crippen LogP) is 2.94. The molecule has 0 aliphatic carbocycles. The van der Waals surface area contributed by atoms with E-state index in [-0.39, 0.29) is 6.04 Å². The molecule has 1 N–H and O–H groups in total. The van der Waals surface area contributed by atoms with Crippen LogP contribution in [0.2, 0.25) is 0 Å². The van der Waals surface area contributed by atoms with Crippen LogP contribution in [0.5, 0.6) is 5.75 Å². The van der Waals surface area contributed by atoms with Crippen molar-refractivity contribution in [2.24, 2.45) is 0 Å². The van der Waals surface area contributed by atoms with Crippen LogP contribution in [0, 0.1) is 0 Å². The highest BCUT2D eigenvalue weighted by molar-refractivity contribution is 5.58. The number of nitrogens with zero attached hydrogens (tertiary/aromatic N) is 2. The van der Waals surface area contributed by atoms with Gasteiger partial charge in [0.2, 0.25) is 0 Å². The topological polar surface area (TPSA) is 35.9 Å². The highest BCUT2D eigenvalue weighted by atomic mass is 16.5. The summed E-state index contributed by atoms with van der Waals surface area (Å²) < 4.78 is 5.47. The molecule has 24 heavy (non-hydrogen) atoms. The van der Waals surface area contributed by atoms with Crippen LogP contribution in [0.1, 0.15) is 18.6 Å². The molecule has 4 heteroatoms. The summed E-state index contributed by atoms with van der Waals surface area (Å²) in [5.74, 6) is 0.920. The molecule has 128 valence electrons. The van der Waals surface area contributed by atoms with Gasteiger partial charge in [-0.1, -0.05) is 42.5 Å². The van der Waals surface area contributed by atoms with Crippen molar-refractivity contribution in [2.45, 2.75) is 19.1 Å². The second-order valence-electron chi connectivity index (χ2n) is 6.29. The van der Waals surface area contributed by atoms with Crippen LogP contribution in [0.4, 0.5) is 5.69 Å². The molecule has 1 fully saturated rings. The Hall–Kier alpha value is -2.04. The molecule has 0 spiro atoms. The van der Waals surface area contributed by atoms with Gasteiger partial charge in [-0.15, -0.1) is 0 Å². The van der Waals surface area contributed by atoms with Crippen LogP contribution < -0.4 is 9.64 Å².